The number of carbonyl (C=O) groups excluding carboxylic acids is 1. The van der Waals surface area contributed by atoms with Crippen molar-refractivity contribution in [3.63, 3.8) is 0 Å². The number of sulfonamides is 1. The quantitative estimate of drug-likeness (QED) is 0.482. The number of aromatic amines is 1. The Balaban J connectivity index is 1.71. The van der Waals surface area contributed by atoms with Gasteiger partial charge in [0.25, 0.3) is 15.9 Å². The van der Waals surface area contributed by atoms with Crippen LogP contribution in [0.25, 0.3) is 0 Å². The van der Waals surface area contributed by atoms with Gasteiger partial charge < -0.3 is 14.8 Å². The van der Waals surface area contributed by atoms with Gasteiger partial charge in [-0.1, -0.05) is 11.6 Å². The number of hydrogen-bond acceptors (Lipinski definition) is 6. The number of anilines is 2. The maximum absolute atomic E-state index is 12.5. The first kappa shape index (κ1) is 21.5. The number of methoxy groups -OCH3 is 1. The van der Waals surface area contributed by atoms with Crippen molar-refractivity contribution >= 4 is 38.9 Å². The second-order valence-corrected chi connectivity index (χ2v) is 8.04. The molecule has 158 valence electrons. The van der Waals surface area contributed by atoms with E-state index in [1.54, 1.807) is 36.4 Å². The van der Waals surface area contributed by atoms with E-state index in [-0.39, 0.29) is 10.7 Å². The summed E-state index contributed by atoms with van der Waals surface area (Å²) < 4.78 is 37.9. The van der Waals surface area contributed by atoms with E-state index >= 15 is 0 Å². The van der Waals surface area contributed by atoms with Crippen LogP contribution in [-0.4, -0.2) is 38.2 Å². The van der Waals surface area contributed by atoms with Crippen LogP contribution in [0.1, 0.15) is 17.4 Å². The SMILES string of the molecule is CCOc1ccc(NS(=O)(=O)c2cc(C(=O)Nc3ccc(OC)c(Cl)c3)n[nH]2)cc1. The predicted molar refractivity (Wildman–Crippen MR) is 113 cm³/mol. The first-order valence-electron chi connectivity index (χ1n) is 8.78. The van der Waals surface area contributed by atoms with E-state index < -0.39 is 15.9 Å². The highest BCUT2D eigenvalue weighted by molar-refractivity contribution is 7.92. The van der Waals surface area contributed by atoms with Gasteiger partial charge in [-0.3, -0.25) is 14.6 Å². The van der Waals surface area contributed by atoms with Crippen LogP contribution in [0.3, 0.4) is 0 Å². The standard InChI is InChI=1S/C19H19ClN4O5S/c1-3-29-14-7-4-12(5-8-14)24-30(26,27)18-11-16(22-23-18)19(25)21-13-6-9-17(28-2)15(20)10-13/h4-11,24H,3H2,1-2H3,(H,21,25)(H,22,23). The van der Waals surface area contributed by atoms with Crippen molar-refractivity contribution in [2.24, 2.45) is 0 Å². The number of amides is 1. The number of H-pyrrole nitrogens is 1. The maximum Gasteiger partial charge on any atom is 0.278 e. The molecule has 0 spiro atoms. The van der Waals surface area contributed by atoms with Gasteiger partial charge in [-0.15, -0.1) is 0 Å². The number of benzene rings is 2. The summed E-state index contributed by atoms with van der Waals surface area (Å²) in [5.74, 6) is 0.484. The number of nitrogens with zero attached hydrogens (tertiary/aromatic N) is 1. The fourth-order valence-electron chi connectivity index (χ4n) is 2.49. The minimum absolute atomic E-state index is 0.103. The average Bonchev–Trinajstić information content (AvgIpc) is 3.21. The Morgan fingerprint density at radius 2 is 1.83 bits per heavy atom. The van der Waals surface area contributed by atoms with Gasteiger partial charge in [0.05, 0.1) is 18.7 Å². The fourth-order valence-corrected chi connectivity index (χ4v) is 3.74. The largest absolute Gasteiger partial charge is 0.495 e. The number of aromatic nitrogens is 2. The van der Waals surface area contributed by atoms with Gasteiger partial charge in [-0.25, -0.2) is 0 Å². The molecule has 9 nitrogen and oxygen atoms in total. The molecule has 3 N–H and O–H groups in total. The Bertz CT molecular complexity index is 1150. The van der Waals surface area contributed by atoms with Crippen LogP contribution in [-0.2, 0) is 10.0 Å². The molecule has 30 heavy (non-hydrogen) atoms. The Morgan fingerprint density at radius 1 is 1.13 bits per heavy atom. The van der Waals surface area contributed by atoms with Crippen LogP contribution in [0.15, 0.2) is 53.6 Å². The summed E-state index contributed by atoms with van der Waals surface area (Å²) in [6, 6.07) is 12.3. The van der Waals surface area contributed by atoms with Gasteiger partial charge in [0.1, 0.15) is 11.5 Å². The lowest BCUT2D eigenvalue weighted by molar-refractivity contribution is 0.102. The highest BCUT2D eigenvalue weighted by Crippen LogP contribution is 2.27. The normalized spacial score (nSPS) is 11.0. The number of rotatable bonds is 8. The molecule has 0 bridgehead atoms. The number of ether oxygens (including phenoxy) is 2. The second kappa shape index (κ2) is 9.06. The fraction of sp³-hybridized carbons (Fsp3) is 0.158. The molecule has 0 aliphatic rings. The molecular formula is C19H19ClN4O5S. The number of hydrogen-bond donors (Lipinski definition) is 3. The average molecular weight is 451 g/mol. The molecule has 0 atom stereocenters. The molecule has 1 heterocycles. The summed E-state index contributed by atoms with van der Waals surface area (Å²) in [7, 11) is -2.49. The lowest BCUT2D eigenvalue weighted by Crippen LogP contribution is -2.14. The number of nitrogens with one attached hydrogen (secondary N) is 3. The minimum Gasteiger partial charge on any atom is -0.495 e. The van der Waals surface area contributed by atoms with E-state index in [2.05, 4.69) is 20.2 Å². The summed E-state index contributed by atoms with van der Waals surface area (Å²) in [6.07, 6.45) is 0. The maximum atomic E-state index is 12.5. The van der Waals surface area contributed by atoms with E-state index in [1.807, 2.05) is 6.92 Å². The molecule has 3 rings (SSSR count). The zero-order valence-corrected chi connectivity index (χ0v) is 17.7. The van der Waals surface area contributed by atoms with Gasteiger partial charge in [0.15, 0.2) is 10.7 Å². The first-order chi connectivity index (χ1) is 14.3. The predicted octanol–water partition coefficient (Wildman–Crippen LogP) is 3.52. The van der Waals surface area contributed by atoms with Crippen molar-refractivity contribution in [2.45, 2.75) is 11.9 Å². The van der Waals surface area contributed by atoms with E-state index in [0.717, 1.165) is 6.07 Å². The number of carbonyl (C=O) groups is 1. The molecule has 1 amide bonds. The molecule has 0 aliphatic heterocycles. The summed E-state index contributed by atoms with van der Waals surface area (Å²) in [4.78, 5) is 12.4. The third kappa shape index (κ3) is 5.02. The van der Waals surface area contributed by atoms with Gasteiger partial charge >= 0.3 is 0 Å². The second-order valence-electron chi connectivity index (χ2n) is 5.98. The van der Waals surface area contributed by atoms with Crippen LogP contribution in [0.4, 0.5) is 11.4 Å². The minimum atomic E-state index is -3.97. The molecule has 2 aromatic carbocycles. The number of halogens is 1. The van der Waals surface area contributed by atoms with Crippen molar-refractivity contribution in [3.05, 3.63) is 59.2 Å². The van der Waals surface area contributed by atoms with Crippen molar-refractivity contribution in [1.29, 1.82) is 0 Å². The summed E-state index contributed by atoms with van der Waals surface area (Å²) >= 11 is 6.03. The molecule has 11 heteroatoms. The van der Waals surface area contributed by atoms with Gasteiger partial charge in [-0.05, 0) is 49.4 Å². The Labute approximate surface area is 178 Å². The van der Waals surface area contributed by atoms with Crippen molar-refractivity contribution < 1.29 is 22.7 Å². The third-order valence-electron chi connectivity index (χ3n) is 3.90. The highest BCUT2D eigenvalue weighted by atomic mass is 35.5. The van der Waals surface area contributed by atoms with Gasteiger partial charge in [0, 0.05) is 17.4 Å². The Kier molecular flexibility index (Phi) is 6.48. The molecule has 0 unspecified atom stereocenters. The van der Waals surface area contributed by atoms with Crippen LogP contribution in [0, 0.1) is 0 Å². The van der Waals surface area contributed by atoms with Crippen LogP contribution in [0.5, 0.6) is 11.5 Å². The molecule has 0 aliphatic carbocycles. The monoisotopic (exact) mass is 450 g/mol. The molecule has 0 saturated carbocycles. The van der Waals surface area contributed by atoms with E-state index in [0.29, 0.717) is 34.5 Å². The Morgan fingerprint density at radius 3 is 2.47 bits per heavy atom. The van der Waals surface area contributed by atoms with Crippen molar-refractivity contribution in [3.8, 4) is 11.5 Å². The third-order valence-corrected chi connectivity index (χ3v) is 5.49. The lowest BCUT2D eigenvalue weighted by Gasteiger charge is -2.07. The molecule has 0 radical (unpaired) electrons. The smallest absolute Gasteiger partial charge is 0.278 e. The zero-order chi connectivity index (χ0) is 21.7. The first-order valence-corrected chi connectivity index (χ1v) is 10.6. The van der Waals surface area contributed by atoms with Crippen LogP contribution < -0.4 is 19.5 Å². The van der Waals surface area contributed by atoms with Gasteiger partial charge in [-0.2, -0.15) is 13.5 Å². The lowest BCUT2D eigenvalue weighted by atomic mass is 10.3. The summed E-state index contributed by atoms with van der Waals surface area (Å²) in [5.41, 5.74) is 0.645. The Hall–Kier alpha value is -3.24. The summed E-state index contributed by atoms with van der Waals surface area (Å²) in [6.45, 7) is 2.36. The van der Waals surface area contributed by atoms with Crippen molar-refractivity contribution in [1.82, 2.24) is 10.2 Å². The van der Waals surface area contributed by atoms with E-state index in [1.165, 1.54) is 13.2 Å². The van der Waals surface area contributed by atoms with Crippen LogP contribution >= 0.6 is 11.6 Å². The van der Waals surface area contributed by atoms with E-state index in [9.17, 15) is 13.2 Å². The topological polar surface area (TPSA) is 122 Å². The molecule has 0 fully saturated rings. The van der Waals surface area contributed by atoms with Crippen molar-refractivity contribution in [2.75, 3.05) is 23.8 Å². The molecule has 0 saturated heterocycles. The molecule has 3 aromatic rings. The van der Waals surface area contributed by atoms with Gasteiger partial charge in [0.2, 0.25) is 0 Å². The highest BCUT2D eigenvalue weighted by Gasteiger charge is 2.20. The zero-order valence-electron chi connectivity index (χ0n) is 16.1. The molecular weight excluding hydrogens is 432 g/mol. The summed E-state index contributed by atoms with van der Waals surface area (Å²) in [5, 5.41) is 8.80. The van der Waals surface area contributed by atoms with E-state index in [4.69, 9.17) is 21.1 Å². The molecule has 1 aromatic heterocycles. The van der Waals surface area contributed by atoms with Crippen LogP contribution in [0.2, 0.25) is 5.02 Å².